The zero-order valence-electron chi connectivity index (χ0n) is 18.4. The maximum atomic E-state index is 12.5. The number of hydrogen-bond acceptors (Lipinski definition) is 9. The molecule has 10 nitrogen and oxygen atoms in total. The van der Waals surface area contributed by atoms with Gasteiger partial charge in [0.25, 0.3) is 5.91 Å². The van der Waals surface area contributed by atoms with Crippen molar-refractivity contribution < 1.29 is 19.0 Å². The molecule has 3 aromatic rings. The largest absolute Gasteiger partial charge is 0.493 e. The van der Waals surface area contributed by atoms with E-state index in [4.69, 9.17) is 14.2 Å². The molecule has 1 aromatic carbocycles. The minimum absolute atomic E-state index is 0.262. The van der Waals surface area contributed by atoms with E-state index in [1.165, 1.54) is 21.3 Å². The van der Waals surface area contributed by atoms with Crippen LogP contribution >= 0.6 is 0 Å². The smallest absolute Gasteiger partial charge is 0.251 e. The number of aromatic nitrogens is 3. The van der Waals surface area contributed by atoms with Crippen LogP contribution in [0.2, 0.25) is 0 Å². The quantitative estimate of drug-likeness (QED) is 0.410. The van der Waals surface area contributed by atoms with Crippen LogP contribution < -0.4 is 30.2 Å². The van der Waals surface area contributed by atoms with Crippen LogP contribution in [0.15, 0.2) is 42.6 Å². The molecule has 168 valence electrons. The highest BCUT2D eigenvalue weighted by Gasteiger charge is 2.16. The number of aryl methyl sites for hydroxylation is 1. The summed E-state index contributed by atoms with van der Waals surface area (Å²) in [6.45, 7) is 2.84. The van der Waals surface area contributed by atoms with Crippen molar-refractivity contribution in [1.82, 2.24) is 20.5 Å². The maximum Gasteiger partial charge on any atom is 0.251 e. The molecule has 32 heavy (non-hydrogen) atoms. The van der Waals surface area contributed by atoms with Gasteiger partial charge in [-0.1, -0.05) is 0 Å². The number of hydrogen-bond donors (Lipinski definition) is 3. The summed E-state index contributed by atoms with van der Waals surface area (Å²) in [5.41, 5.74) is 1.50. The molecule has 0 spiro atoms. The molecule has 3 rings (SSSR count). The summed E-state index contributed by atoms with van der Waals surface area (Å²) in [5, 5.41) is 17.3. The first-order valence-electron chi connectivity index (χ1n) is 9.89. The number of pyridine rings is 1. The highest BCUT2D eigenvalue weighted by Crippen LogP contribution is 2.38. The number of methoxy groups -OCH3 is 3. The van der Waals surface area contributed by atoms with Gasteiger partial charge in [-0.25, -0.2) is 4.98 Å². The van der Waals surface area contributed by atoms with Crippen molar-refractivity contribution in [1.29, 1.82) is 0 Å². The highest BCUT2D eigenvalue weighted by molar-refractivity contribution is 5.95. The van der Waals surface area contributed by atoms with Crippen molar-refractivity contribution in [3.8, 4) is 17.2 Å². The first-order valence-corrected chi connectivity index (χ1v) is 9.89. The lowest BCUT2D eigenvalue weighted by Gasteiger charge is -2.14. The molecule has 0 saturated carbocycles. The number of amides is 1. The number of carbonyl (C=O) groups is 1. The van der Waals surface area contributed by atoms with Gasteiger partial charge in [0.05, 0.1) is 21.3 Å². The molecule has 0 aliphatic heterocycles. The second-order valence-corrected chi connectivity index (χ2v) is 6.74. The van der Waals surface area contributed by atoms with Gasteiger partial charge in [-0.2, -0.15) is 0 Å². The lowest BCUT2D eigenvalue weighted by Crippen LogP contribution is -2.29. The summed E-state index contributed by atoms with van der Waals surface area (Å²) in [7, 11) is 4.51. The Morgan fingerprint density at radius 3 is 2.16 bits per heavy atom. The zero-order valence-corrected chi connectivity index (χ0v) is 18.4. The monoisotopic (exact) mass is 438 g/mol. The molecule has 2 aromatic heterocycles. The van der Waals surface area contributed by atoms with Crippen molar-refractivity contribution in [2.24, 2.45) is 0 Å². The van der Waals surface area contributed by atoms with Crippen molar-refractivity contribution in [3.63, 3.8) is 0 Å². The summed E-state index contributed by atoms with van der Waals surface area (Å²) < 4.78 is 15.8. The van der Waals surface area contributed by atoms with Crippen LogP contribution in [-0.2, 0) is 0 Å². The second kappa shape index (κ2) is 10.8. The third kappa shape index (κ3) is 5.75. The Bertz CT molecular complexity index is 1030. The van der Waals surface area contributed by atoms with E-state index in [0.29, 0.717) is 53.4 Å². The van der Waals surface area contributed by atoms with Gasteiger partial charge in [0.2, 0.25) is 5.75 Å². The van der Waals surface area contributed by atoms with Crippen LogP contribution in [0.1, 0.15) is 15.9 Å². The van der Waals surface area contributed by atoms with Crippen molar-refractivity contribution in [2.75, 3.05) is 45.1 Å². The Labute approximate surface area is 186 Å². The number of anilines is 3. The number of ether oxygens (including phenoxy) is 3. The fourth-order valence-corrected chi connectivity index (χ4v) is 2.91. The lowest BCUT2D eigenvalue weighted by molar-refractivity contribution is 0.0954. The number of rotatable bonds is 10. The van der Waals surface area contributed by atoms with Crippen molar-refractivity contribution in [2.45, 2.75) is 6.92 Å². The summed E-state index contributed by atoms with van der Waals surface area (Å²) in [4.78, 5) is 16.7. The zero-order chi connectivity index (χ0) is 22.9. The van der Waals surface area contributed by atoms with Crippen LogP contribution in [0.5, 0.6) is 17.2 Å². The Balaban J connectivity index is 1.50. The molecular formula is C22H26N6O4. The Morgan fingerprint density at radius 1 is 0.875 bits per heavy atom. The molecule has 0 unspecified atom stereocenters. The van der Waals surface area contributed by atoms with E-state index in [9.17, 15) is 4.79 Å². The molecule has 3 N–H and O–H groups in total. The lowest BCUT2D eigenvalue weighted by atomic mass is 10.1. The van der Waals surface area contributed by atoms with Crippen molar-refractivity contribution in [3.05, 3.63) is 53.7 Å². The van der Waals surface area contributed by atoms with Crippen LogP contribution in [0.4, 0.5) is 17.5 Å². The first kappa shape index (κ1) is 22.6. The predicted octanol–water partition coefficient (Wildman–Crippen LogP) is 2.79. The summed E-state index contributed by atoms with van der Waals surface area (Å²) in [6.07, 6.45) is 1.73. The molecule has 0 saturated heterocycles. The fourth-order valence-electron chi connectivity index (χ4n) is 2.91. The minimum Gasteiger partial charge on any atom is -0.493 e. The molecule has 0 aliphatic carbocycles. The van der Waals surface area contributed by atoms with Crippen LogP contribution in [0, 0.1) is 6.92 Å². The average molecular weight is 438 g/mol. The highest BCUT2D eigenvalue weighted by atomic mass is 16.5. The number of carbonyl (C=O) groups excluding carboxylic acids is 1. The molecule has 2 heterocycles. The van der Waals surface area contributed by atoms with Gasteiger partial charge in [0, 0.05) is 24.8 Å². The molecule has 0 bridgehead atoms. The predicted molar refractivity (Wildman–Crippen MR) is 121 cm³/mol. The molecule has 10 heteroatoms. The van der Waals surface area contributed by atoms with Crippen LogP contribution in [0.3, 0.4) is 0 Å². The van der Waals surface area contributed by atoms with Gasteiger partial charge >= 0.3 is 0 Å². The van der Waals surface area contributed by atoms with E-state index >= 15 is 0 Å². The average Bonchev–Trinajstić information content (AvgIpc) is 2.81. The van der Waals surface area contributed by atoms with E-state index in [0.717, 1.165) is 5.56 Å². The van der Waals surface area contributed by atoms with E-state index < -0.39 is 0 Å². The molecule has 0 atom stereocenters. The van der Waals surface area contributed by atoms with Gasteiger partial charge in [-0.15, -0.1) is 10.2 Å². The Morgan fingerprint density at radius 2 is 1.56 bits per heavy atom. The third-order valence-electron chi connectivity index (χ3n) is 4.48. The van der Waals surface area contributed by atoms with Gasteiger partial charge in [-0.05, 0) is 48.9 Å². The SMILES string of the molecule is COc1cc(C(=O)NCCNc2ccc(Nc3cc(C)ccn3)nn2)cc(OC)c1OC. The first-order chi connectivity index (χ1) is 15.5. The molecule has 0 aliphatic rings. The molecular weight excluding hydrogens is 412 g/mol. The molecule has 0 fully saturated rings. The van der Waals surface area contributed by atoms with E-state index in [-0.39, 0.29) is 5.91 Å². The normalized spacial score (nSPS) is 10.2. The summed E-state index contributed by atoms with van der Waals surface area (Å²) >= 11 is 0. The third-order valence-corrected chi connectivity index (χ3v) is 4.48. The summed E-state index contributed by atoms with van der Waals surface area (Å²) in [5.74, 6) is 2.89. The van der Waals surface area contributed by atoms with Crippen molar-refractivity contribution >= 4 is 23.4 Å². The van der Waals surface area contributed by atoms with E-state index in [2.05, 4.69) is 31.1 Å². The number of benzene rings is 1. The number of nitrogens with one attached hydrogen (secondary N) is 3. The van der Waals surface area contributed by atoms with Gasteiger partial charge in [0.1, 0.15) is 11.6 Å². The van der Waals surface area contributed by atoms with Crippen LogP contribution in [0.25, 0.3) is 0 Å². The van der Waals surface area contributed by atoms with E-state index in [1.807, 2.05) is 19.1 Å². The topological polar surface area (TPSA) is 120 Å². The molecule has 0 radical (unpaired) electrons. The standard InChI is InChI=1S/C22H26N6O4/c1-14-7-8-23-20(11-14)26-19-6-5-18(27-28-19)24-9-10-25-22(29)15-12-16(30-2)21(32-4)17(13-15)31-3/h5-8,11-13H,9-10H2,1-4H3,(H,24,27)(H,25,29)(H,23,26,28). The van der Waals surface area contributed by atoms with Gasteiger partial charge in [0.15, 0.2) is 17.3 Å². The Hall–Kier alpha value is -4.08. The maximum absolute atomic E-state index is 12.5. The second-order valence-electron chi connectivity index (χ2n) is 6.74. The summed E-state index contributed by atoms with van der Waals surface area (Å²) in [6, 6.07) is 10.6. The van der Waals surface area contributed by atoms with Gasteiger partial charge < -0.3 is 30.2 Å². The van der Waals surface area contributed by atoms with Crippen LogP contribution in [-0.4, -0.2) is 55.5 Å². The van der Waals surface area contributed by atoms with E-state index in [1.54, 1.807) is 30.5 Å². The minimum atomic E-state index is -0.262. The molecule has 1 amide bonds. The number of nitrogens with zero attached hydrogens (tertiary/aromatic N) is 3. The Kier molecular flexibility index (Phi) is 7.63. The van der Waals surface area contributed by atoms with Gasteiger partial charge in [-0.3, -0.25) is 4.79 Å². The fraction of sp³-hybridized carbons (Fsp3) is 0.273.